The van der Waals surface area contributed by atoms with Crippen molar-refractivity contribution in [1.29, 1.82) is 0 Å². The van der Waals surface area contributed by atoms with E-state index in [4.69, 9.17) is 0 Å². The number of halogens is 6. The average molecular weight is 549 g/mol. The monoisotopic (exact) mass is 548 g/mol. The van der Waals surface area contributed by atoms with Gasteiger partial charge in [0.05, 0.1) is 5.56 Å². The lowest BCUT2D eigenvalue weighted by molar-refractivity contribution is -0.206. The fourth-order valence-electron chi connectivity index (χ4n) is 3.85. The van der Waals surface area contributed by atoms with Crippen molar-refractivity contribution < 1.29 is 40.7 Å². The summed E-state index contributed by atoms with van der Waals surface area (Å²) in [6.07, 6.45) is -14.2. The lowest BCUT2D eigenvalue weighted by atomic mass is 9.79. The van der Waals surface area contributed by atoms with Crippen LogP contribution in [0, 0.1) is 0 Å². The maximum absolute atomic E-state index is 13.7. The topological polar surface area (TPSA) is 49.9 Å². The first-order valence-electron chi connectivity index (χ1n) is 11.4. The molecule has 1 saturated heterocycles. The number of hydrogen-bond acceptors (Lipinski definition) is 5. The number of hydrogen-bond donors (Lipinski definition) is 0. The molecule has 2 aromatic carbocycles. The highest BCUT2D eigenvalue weighted by Crippen LogP contribution is 2.34. The first-order valence-corrected chi connectivity index (χ1v) is 12.1. The summed E-state index contributed by atoms with van der Waals surface area (Å²) in [6, 6.07) is 13.3. The van der Waals surface area contributed by atoms with Crippen LogP contribution >= 0.6 is 11.9 Å². The van der Waals surface area contributed by atoms with Crippen molar-refractivity contribution in [3.05, 3.63) is 65.7 Å². The number of nitrogens with zero attached hydrogens (tertiary/aromatic N) is 2. The summed E-state index contributed by atoms with van der Waals surface area (Å²) in [4.78, 5) is 26.6. The molecule has 1 atom stereocenters. The van der Waals surface area contributed by atoms with E-state index in [0.717, 1.165) is 29.0 Å². The fourth-order valence-corrected chi connectivity index (χ4v) is 4.81. The van der Waals surface area contributed by atoms with Crippen molar-refractivity contribution in [1.82, 2.24) is 9.21 Å². The summed E-state index contributed by atoms with van der Waals surface area (Å²) in [5.74, 6) is -1.26. The van der Waals surface area contributed by atoms with Crippen LogP contribution < -0.4 is 0 Å². The molecule has 0 saturated carbocycles. The van der Waals surface area contributed by atoms with Crippen molar-refractivity contribution in [3.63, 3.8) is 0 Å². The third-order valence-electron chi connectivity index (χ3n) is 5.87. The van der Waals surface area contributed by atoms with Gasteiger partial charge >= 0.3 is 18.4 Å². The van der Waals surface area contributed by atoms with E-state index in [9.17, 15) is 35.9 Å². The van der Waals surface area contributed by atoms with E-state index in [2.05, 4.69) is 4.74 Å². The molecule has 1 aliphatic rings. The normalized spacial score (nSPS) is 16.4. The highest BCUT2D eigenvalue weighted by molar-refractivity contribution is 7.97. The van der Waals surface area contributed by atoms with Gasteiger partial charge in [-0.15, -0.1) is 0 Å². The van der Waals surface area contributed by atoms with Crippen molar-refractivity contribution in [2.45, 2.75) is 49.0 Å². The second-order valence-electron chi connectivity index (χ2n) is 9.23. The van der Waals surface area contributed by atoms with Gasteiger partial charge in [-0.3, -0.25) is 4.79 Å². The summed E-state index contributed by atoms with van der Waals surface area (Å²) < 4.78 is 86.2. The summed E-state index contributed by atoms with van der Waals surface area (Å²) in [6.45, 7) is 3.61. The smallest absolute Gasteiger partial charge is 0.428 e. The molecular formula is C25H26F6N2O3S. The Kier molecular flexibility index (Phi) is 8.84. The number of ketones is 1. The van der Waals surface area contributed by atoms with E-state index in [1.165, 1.54) is 12.1 Å². The van der Waals surface area contributed by atoms with Gasteiger partial charge in [0.15, 0.2) is 5.78 Å². The Morgan fingerprint density at radius 1 is 0.892 bits per heavy atom. The number of rotatable bonds is 7. The lowest BCUT2D eigenvalue weighted by Gasteiger charge is -2.34. The number of alkyl halides is 6. The van der Waals surface area contributed by atoms with Crippen LogP contribution in [-0.4, -0.2) is 59.5 Å². The molecule has 202 valence electrons. The van der Waals surface area contributed by atoms with Crippen molar-refractivity contribution in [2.75, 3.05) is 26.2 Å². The minimum absolute atomic E-state index is 0.0148. The second kappa shape index (κ2) is 11.3. The zero-order valence-electron chi connectivity index (χ0n) is 20.1. The highest BCUT2D eigenvalue weighted by Gasteiger charge is 2.49. The van der Waals surface area contributed by atoms with Crippen LogP contribution in [0.2, 0.25) is 0 Å². The van der Waals surface area contributed by atoms with Gasteiger partial charge in [-0.25, -0.2) is 9.10 Å². The average Bonchev–Trinajstić information content (AvgIpc) is 2.82. The second-order valence-corrected chi connectivity index (χ2v) is 10.4. The van der Waals surface area contributed by atoms with Crippen LogP contribution in [0.25, 0.3) is 0 Å². The van der Waals surface area contributed by atoms with E-state index in [1.54, 1.807) is 48.5 Å². The number of amides is 1. The molecule has 0 aromatic heterocycles. The Bertz CT molecular complexity index is 1080. The van der Waals surface area contributed by atoms with Crippen molar-refractivity contribution in [3.8, 4) is 0 Å². The molecule has 1 aliphatic heterocycles. The zero-order chi connectivity index (χ0) is 27.4. The molecule has 1 heterocycles. The molecule has 1 unspecified atom stereocenters. The van der Waals surface area contributed by atoms with Gasteiger partial charge in [-0.2, -0.15) is 26.3 Å². The molecule has 0 radical (unpaired) electrons. The molecule has 1 amide bonds. The van der Waals surface area contributed by atoms with Crippen LogP contribution in [0.4, 0.5) is 31.1 Å². The van der Waals surface area contributed by atoms with E-state index in [0.29, 0.717) is 10.5 Å². The zero-order valence-corrected chi connectivity index (χ0v) is 20.9. The van der Waals surface area contributed by atoms with Gasteiger partial charge in [-0.05, 0) is 41.1 Å². The standard InChI is InChI=1S/C25H26F6N2O3S/c1-23(2,17-7-4-3-5-8-17)16-20(34)21(25(29,30)31)36-22(35)32-11-13-33(14-12-32)37-19-10-6-9-18(15-19)24(26,27)28/h3-10,15,21H,11-14,16H2,1-2H3. The van der Waals surface area contributed by atoms with Gasteiger partial charge in [0.2, 0.25) is 0 Å². The van der Waals surface area contributed by atoms with Gasteiger partial charge in [0, 0.05) is 37.5 Å². The van der Waals surface area contributed by atoms with Crippen LogP contribution in [0.1, 0.15) is 31.4 Å². The molecule has 0 aliphatic carbocycles. The molecule has 0 bridgehead atoms. The van der Waals surface area contributed by atoms with E-state index >= 15 is 0 Å². The number of carbonyl (C=O) groups excluding carboxylic acids is 2. The molecule has 0 spiro atoms. The van der Waals surface area contributed by atoms with E-state index < -0.39 is 47.7 Å². The predicted octanol–water partition coefficient (Wildman–Crippen LogP) is 6.33. The molecule has 5 nitrogen and oxygen atoms in total. The molecule has 37 heavy (non-hydrogen) atoms. The largest absolute Gasteiger partial charge is 0.432 e. The number of ether oxygens (including phenoxy) is 1. The minimum atomic E-state index is -5.08. The third-order valence-corrected chi connectivity index (χ3v) is 6.96. The van der Waals surface area contributed by atoms with Crippen LogP contribution in [0.15, 0.2) is 59.5 Å². The van der Waals surface area contributed by atoms with E-state index in [-0.39, 0.29) is 26.2 Å². The number of piperazine rings is 1. The number of Topliss-reactive ketones (excluding diaryl/α,β-unsaturated/α-hetero) is 1. The SMILES string of the molecule is CC(C)(CC(=O)C(OC(=O)N1CCN(Sc2cccc(C(F)(F)F)c2)CC1)C(F)(F)F)c1ccccc1. The molecule has 0 N–H and O–H groups in total. The van der Waals surface area contributed by atoms with Crippen LogP contribution in [0.5, 0.6) is 0 Å². The maximum atomic E-state index is 13.7. The predicted molar refractivity (Wildman–Crippen MR) is 126 cm³/mol. The minimum Gasteiger partial charge on any atom is -0.428 e. The Labute approximate surface area is 214 Å². The number of benzene rings is 2. The quantitative estimate of drug-likeness (QED) is 0.299. The highest BCUT2D eigenvalue weighted by atomic mass is 32.2. The Balaban J connectivity index is 1.59. The van der Waals surface area contributed by atoms with Crippen LogP contribution in [-0.2, 0) is 21.1 Å². The summed E-state index contributed by atoms with van der Waals surface area (Å²) >= 11 is 1.06. The Morgan fingerprint density at radius 2 is 1.49 bits per heavy atom. The lowest BCUT2D eigenvalue weighted by Crippen LogP contribution is -2.50. The fraction of sp³-hybridized carbons (Fsp3) is 0.440. The Morgan fingerprint density at radius 3 is 2.05 bits per heavy atom. The third kappa shape index (κ3) is 7.88. The summed E-state index contributed by atoms with van der Waals surface area (Å²) in [7, 11) is 0. The first-order chi connectivity index (χ1) is 17.2. The van der Waals surface area contributed by atoms with Gasteiger partial charge < -0.3 is 9.64 Å². The van der Waals surface area contributed by atoms with Crippen molar-refractivity contribution in [2.24, 2.45) is 0 Å². The summed E-state index contributed by atoms with van der Waals surface area (Å²) in [5.41, 5.74) is -1.04. The first kappa shape index (κ1) is 28.8. The van der Waals surface area contributed by atoms with Crippen LogP contribution in [0.3, 0.4) is 0 Å². The molecule has 1 fully saturated rings. The molecular weight excluding hydrogens is 522 g/mol. The van der Waals surface area contributed by atoms with Crippen molar-refractivity contribution >= 4 is 23.8 Å². The maximum Gasteiger partial charge on any atom is 0.432 e. The van der Waals surface area contributed by atoms with Gasteiger partial charge in [0.1, 0.15) is 0 Å². The Hall–Kier alpha value is -2.73. The van der Waals surface area contributed by atoms with E-state index in [1.807, 2.05) is 0 Å². The summed E-state index contributed by atoms with van der Waals surface area (Å²) in [5, 5.41) is 0. The molecule has 3 rings (SSSR count). The van der Waals surface area contributed by atoms with Gasteiger partial charge in [-0.1, -0.05) is 50.2 Å². The molecule has 12 heteroatoms. The number of carbonyl (C=O) groups is 2. The van der Waals surface area contributed by atoms with Gasteiger partial charge in [0.25, 0.3) is 6.10 Å². The molecule has 2 aromatic rings.